The smallest absolute Gasteiger partial charge is 0.143 e. The summed E-state index contributed by atoms with van der Waals surface area (Å²) in [5.41, 5.74) is 18.4. The fourth-order valence-corrected chi connectivity index (χ4v) is 10.0. The highest BCUT2D eigenvalue weighted by Crippen LogP contribution is 2.43. The largest absolute Gasteiger partial charge is 0.455 e. The van der Waals surface area contributed by atoms with Gasteiger partial charge in [-0.25, -0.2) is 0 Å². The Morgan fingerprint density at radius 1 is 0.254 bits per heavy atom. The number of rotatable bonds is 8. The summed E-state index contributed by atoms with van der Waals surface area (Å²) < 4.78 is 13.0. The summed E-state index contributed by atoms with van der Waals surface area (Å²) in [5.74, 6) is 0. The van der Waals surface area contributed by atoms with E-state index in [1.807, 2.05) is 12.1 Å². The van der Waals surface area contributed by atoms with E-state index < -0.39 is 0 Å². The van der Waals surface area contributed by atoms with E-state index in [0.717, 1.165) is 94.1 Å². The van der Waals surface area contributed by atoms with Crippen LogP contribution in [0, 0.1) is 0 Å². The van der Waals surface area contributed by atoms with E-state index in [1.165, 1.54) is 33.2 Å². The van der Waals surface area contributed by atoms with Gasteiger partial charge >= 0.3 is 0 Å². The van der Waals surface area contributed by atoms with Crippen molar-refractivity contribution in [1.82, 2.24) is 0 Å². The molecule has 0 aliphatic heterocycles. The summed E-state index contributed by atoms with van der Waals surface area (Å²) >= 11 is 0. The van der Waals surface area contributed by atoms with Crippen molar-refractivity contribution < 1.29 is 8.83 Å². The molecule has 13 rings (SSSR count). The molecule has 0 amide bonds. The van der Waals surface area contributed by atoms with Gasteiger partial charge < -0.3 is 13.7 Å². The van der Waals surface area contributed by atoms with E-state index in [2.05, 4.69) is 241 Å². The van der Waals surface area contributed by atoms with Crippen molar-refractivity contribution in [2.24, 2.45) is 0 Å². The Morgan fingerprint density at radius 3 is 1.48 bits per heavy atom. The molecule has 3 heteroatoms. The predicted octanol–water partition coefficient (Wildman–Crippen LogP) is 18.4. The Hall–Kier alpha value is -8.92. The molecular formula is C64H41NO2. The van der Waals surface area contributed by atoms with Gasteiger partial charge in [0.2, 0.25) is 0 Å². The number of para-hydroxylation sites is 2. The molecule has 0 spiro atoms. The summed E-state index contributed by atoms with van der Waals surface area (Å²) in [5, 5.41) is 6.80. The molecule has 0 fully saturated rings. The first-order valence-electron chi connectivity index (χ1n) is 22.8. The van der Waals surface area contributed by atoms with Crippen LogP contribution in [0.3, 0.4) is 0 Å². The highest BCUT2D eigenvalue weighted by atomic mass is 16.3. The maximum atomic E-state index is 6.57. The van der Waals surface area contributed by atoms with Crippen molar-refractivity contribution in [2.45, 2.75) is 0 Å². The van der Waals surface area contributed by atoms with Crippen LogP contribution in [0.5, 0.6) is 0 Å². The molecule has 0 aliphatic carbocycles. The van der Waals surface area contributed by atoms with E-state index >= 15 is 0 Å². The van der Waals surface area contributed by atoms with Crippen LogP contribution < -0.4 is 4.90 Å². The van der Waals surface area contributed by atoms with E-state index in [-0.39, 0.29) is 0 Å². The average Bonchev–Trinajstić information content (AvgIpc) is 3.99. The Kier molecular flexibility index (Phi) is 9.17. The second-order valence-corrected chi connectivity index (χ2v) is 17.2. The lowest BCUT2D eigenvalue weighted by Crippen LogP contribution is -2.09. The number of hydrogen-bond acceptors (Lipinski definition) is 3. The molecule has 11 aromatic carbocycles. The van der Waals surface area contributed by atoms with Crippen LogP contribution in [0.1, 0.15) is 0 Å². The lowest BCUT2D eigenvalue weighted by atomic mass is 9.91. The Bertz CT molecular complexity index is 3940. The standard InChI is InChI=1S/C64H41NO2/c1-3-13-43(14-4-1)52-39-32-48(41-59(52)44-15-5-2-6-16-44)42-25-33-49(34-26-42)65(51-37-29-47(30-38-51)55-21-11-22-57-56-19-9-10-23-60(56)66-63(55)57)50-35-27-46(28-36-50)53-20-12-24-61-62(53)58-40-31-45-17-7-8-18-54(45)64(58)67-61/h1-41H. The summed E-state index contributed by atoms with van der Waals surface area (Å²) in [7, 11) is 0. The molecule has 0 saturated carbocycles. The fraction of sp³-hybridized carbons (Fsp3) is 0. The SMILES string of the molecule is c1ccc(-c2ccc(-c3ccc(N(c4ccc(-c5cccc6c5oc5ccccc56)cc4)c4ccc(-c5cccc6oc7c8ccccc8ccc7c56)cc4)cc3)cc2-c2ccccc2)cc1. The number of fused-ring (bicyclic) bond motifs is 8. The topological polar surface area (TPSA) is 29.5 Å². The second-order valence-electron chi connectivity index (χ2n) is 17.2. The van der Waals surface area contributed by atoms with Crippen molar-refractivity contribution in [1.29, 1.82) is 0 Å². The molecule has 2 heterocycles. The quantitative estimate of drug-likeness (QED) is 0.152. The molecule has 2 aromatic heterocycles. The lowest BCUT2D eigenvalue weighted by Gasteiger charge is -2.26. The van der Waals surface area contributed by atoms with Gasteiger partial charge in [-0.15, -0.1) is 0 Å². The number of anilines is 3. The number of benzene rings is 11. The number of nitrogens with zero attached hydrogens (tertiary/aromatic N) is 1. The molecule has 0 bridgehead atoms. The maximum absolute atomic E-state index is 6.57. The number of furan rings is 2. The van der Waals surface area contributed by atoms with Gasteiger partial charge in [0, 0.05) is 49.6 Å². The van der Waals surface area contributed by atoms with E-state index in [4.69, 9.17) is 8.83 Å². The van der Waals surface area contributed by atoms with E-state index in [9.17, 15) is 0 Å². The summed E-state index contributed by atoms with van der Waals surface area (Å²) in [6.07, 6.45) is 0. The van der Waals surface area contributed by atoms with Crippen LogP contribution in [-0.4, -0.2) is 0 Å². The molecule has 0 unspecified atom stereocenters. The first-order chi connectivity index (χ1) is 33.2. The predicted molar refractivity (Wildman–Crippen MR) is 280 cm³/mol. The van der Waals surface area contributed by atoms with Crippen LogP contribution in [0.15, 0.2) is 258 Å². The minimum absolute atomic E-state index is 0.888. The normalized spacial score (nSPS) is 11.6. The average molecular weight is 856 g/mol. The van der Waals surface area contributed by atoms with Crippen LogP contribution in [0.25, 0.3) is 110 Å². The minimum atomic E-state index is 0.888. The van der Waals surface area contributed by atoms with Crippen LogP contribution >= 0.6 is 0 Å². The van der Waals surface area contributed by atoms with Crippen LogP contribution in [-0.2, 0) is 0 Å². The highest BCUT2D eigenvalue weighted by molar-refractivity contribution is 6.19. The molecule has 13 aromatic rings. The molecule has 67 heavy (non-hydrogen) atoms. The highest BCUT2D eigenvalue weighted by Gasteiger charge is 2.19. The van der Waals surface area contributed by atoms with Crippen molar-refractivity contribution in [3.05, 3.63) is 249 Å². The first kappa shape index (κ1) is 38.5. The second kappa shape index (κ2) is 16.0. The van der Waals surface area contributed by atoms with Crippen molar-refractivity contribution in [2.75, 3.05) is 4.90 Å². The summed E-state index contributed by atoms with van der Waals surface area (Å²) in [6, 6.07) is 88.8. The zero-order chi connectivity index (χ0) is 44.3. The Balaban J connectivity index is 0.904. The third-order valence-corrected chi connectivity index (χ3v) is 13.3. The maximum Gasteiger partial charge on any atom is 0.143 e. The molecule has 0 aliphatic rings. The van der Waals surface area contributed by atoms with Gasteiger partial charge in [0.1, 0.15) is 22.3 Å². The molecule has 0 saturated heterocycles. The van der Waals surface area contributed by atoms with Gasteiger partial charge in [0.25, 0.3) is 0 Å². The molecule has 3 nitrogen and oxygen atoms in total. The van der Waals surface area contributed by atoms with Crippen molar-refractivity contribution in [3.8, 4) is 55.6 Å². The minimum Gasteiger partial charge on any atom is -0.455 e. The zero-order valence-electron chi connectivity index (χ0n) is 36.4. The van der Waals surface area contributed by atoms with Crippen LogP contribution in [0.4, 0.5) is 17.1 Å². The van der Waals surface area contributed by atoms with Gasteiger partial charge in [-0.3, -0.25) is 0 Å². The van der Waals surface area contributed by atoms with Crippen LogP contribution in [0.2, 0.25) is 0 Å². The van der Waals surface area contributed by atoms with Crippen molar-refractivity contribution >= 4 is 71.7 Å². The fourth-order valence-electron chi connectivity index (χ4n) is 10.0. The molecule has 0 N–H and O–H groups in total. The third-order valence-electron chi connectivity index (χ3n) is 13.3. The number of hydrogen-bond donors (Lipinski definition) is 0. The first-order valence-corrected chi connectivity index (χ1v) is 22.8. The summed E-state index contributed by atoms with van der Waals surface area (Å²) in [6.45, 7) is 0. The molecule has 314 valence electrons. The third kappa shape index (κ3) is 6.67. The molecule has 0 atom stereocenters. The van der Waals surface area contributed by atoms with Crippen molar-refractivity contribution in [3.63, 3.8) is 0 Å². The van der Waals surface area contributed by atoms with Gasteiger partial charge in [-0.1, -0.05) is 188 Å². The molecule has 0 radical (unpaired) electrons. The van der Waals surface area contributed by atoms with Gasteiger partial charge in [0.15, 0.2) is 0 Å². The van der Waals surface area contributed by atoms with Gasteiger partial charge in [-0.2, -0.15) is 0 Å². The van der Waals surface area contributed by atoms with Gasteiger partial charge in [-0.05, 0) is 116 Å². The zero-order valence-corrected chi connectivity index (χ0v) is 36.4. The van der Waals surface area contributed by atoms with E-state index in [0.29, 0.717) is 0 Å². The molecular weight excluding hydrogens is 815 g/mol. The monoisotopic (exact) mass is 855 g/mol. The van der Waals surface area contributed by atoms with Gasteiger partial charge in [0.05, 0.1) is 0 Å². The summed E-state index contributed by atoms with van der Waals surface area (Å²) in [4.78, 5) is 2.34. The Morgan fingerprint density at radius 2 is 0.761 bits per heavy atom. The lowest BCUT2D eigenvalue weighted by molar-refractivity contribution is 0.670. The Labute approximate surface area is 388 Å². The van der Waals surface area contributed by atoms with E-state index in [1.54, 1.807) is 0 Å².